The third-order valence-corrected chi connectivity index (χ3v) is 5.70. The van der Waals surface area contributed by atoms with Crippen molar-refractivity contribution in [2.24, 2.45) is 0 Å². The summed E-state index contributed by atoms with van der Waals surface area (Å²) in [4.78, 5) is 4.79. The van der Waals surface area contributed by atoms with Crippen molar-refractivity contribution in [3.8, 4) is 28.7 Å². The van der Waals surface area contributed by atoms with Gasteiger partial charge in [-0.15, -0.1) is 0 Å². The lowest BCUT2D eigenvalue weighted by Gasteiger charge is -2.45. The van der Waals surface area contributed by atoms with E-state index >= 15 is 0 Å². The molecule has 0 atom stereocenters. The van der Waals surface area contributed by atoms with Crippen LogP contribution in [0.5, 0.6) is 0 Å². The van der Waals surface area contributed by atoms with Gasteiger partial charge in [-0.05, 0) is 18.9 Å². The average molecular weight is 404 g/mol. The molecule has 4 heterocycles. The van der Waals surface area contributed by atoms with Crippen LogP contribution in [0.3, 0.4) is 0 Å². The van der Waals surface area contributed by atoms with E-state index in [4.69, 9.17) is 21.2 Å². The molecule has 0 radical (unpaired) electrons. The van der Waals surface area contributed by atoms with Gasteiger partial charge in [0.1, 0.15) is 17.2 Å². The first-order valence-corrected chi connectivity index (χ1v) is 9.44. The predicted molar refractivity (Wildman–Crippen MR) is 109 cm³/mol. The molecule has 0 saturated heterocycles. The number of methoxy groups -OCH3 is 1. The molecule has 0 bridgehead atoms. The van der Waals surface area contributed by atoms with Crippen LogP contribution in [0.1, 0.15) is 19.3 Å². The Morgan fingerprint density at radius 3 is 2.90 bits per heavy atom. The summed E-state index contributed by atoms with van der Waals surface area (Å²) in [6.45, 7) is 0. The summed E-state index contributed by atoms with van der Waals surface area (Å²) in [6, 6.07) is 5.84. The van der Waals surface area contributed by atoms with Gasteiger partial charge in [0.15, 0.2) is 5.82 Å². The molecule has 0 aliphatic heterocycles. The Labute approximate surface area is 171 Å². The van der Waals surface area contributed by atoms with Crippen LogP contribution in [-0.2, 0) is 10.3 Å². The van der Waals surface area contributed by atoms with Crippen molar-refractivity contribution < 1.29 is 4.74 Å². The van der Waals surface area contributed by atoms with Crippen LogP contribution in [0, 0.1) is 11.3 Å². The van der Waals surface area contributed by atoms with Crippen LogP contribution < -0.4 is 11.5 Å². The molecule has 1 fully saturated rings. The van der Waals surface area contributed by atoms with Crippen LogP contribution in [-0.4, -0.2) is 47.8 Å². The third-order valence-electron chi connectivity index (χ3n) is 5.70. The lowest BCUT2D eigenvalue weighted by Crippen LogP contribution is -2.50. The van der Waals surface area contributed by atoms with E-state index in [0.29, 0.717) is 53.5 Å². The maximum absolute atomic E-state index is 9.35. The van der Waals surface area contributed by atoms with Gasteiger partial charge in [0.2, 0.25) is 0 Å². The highest BCUT2D eigenvalue weighted by molar-refractivity contribution is 5.83. The molecule has 4 aromatic rings. The largest absolute Gasteiger partial charge is 0.382 e. The van der Waals surface area contributed by atoms with E-state index in [0.717, 1.165) is 5.52 Å². The molecule has 0 unspecified atom stereocenters. The van der Waals surface area contributed by atoms with E-state index in [1.54, 1.807) is 34.8 Å². The molecular formula is C19H20N10O. The first-order valence-electron chi connectivity index (χ1n) is 9.44. The van der Waals surface area contributed by atoms with Gasteiger partial charge in [-0.1, -0.05) is 0 Å². The zero-order valence-corrected chi connectivity index (χ0v) is 16.3. The number of nitriles is 1. The fraction of sp³-hybridized carbons (Fsp3) is 0.316. The van der Waals surface area contributed by atoms with Gasteiger partial charge in [0, 0.05) is 19.4 Å². The fourth-order valence-corrected chi connectivity index (χ4v) is 4.05. The van der Waals surface area contributed by atoms with E-state index < -0.39 is 5.54 Å². The Kier molecular flexibility index (Phi) is 3.97. The van der Waals surface area contributed by atoms with Crippen molar-refractivity contribution in [1.29, 1.82) is 5.26 Å². The Bertz CT molecular complexity index is 1270. The molecule has 5 N–H and O–H groups in total. The summed E-state index contributed by atoms with van der Waals surface area (Å²) in [6.07, 6.45) is 7.20. The molecule has 1 aliphatic carbocycles. The maximum Gasteiger partial charge on any atom is 0.155 e. The lowest BCUT2D eigenvalue weighted by molar-refractivity contribution is -0.0540. The van der Waals surface area contributed by atoms with Crippen molar-refractivity contribution in [2.75, 3.05) is 18.6 Å². The first-order chi connectivity index (χ1) is 14.5. The number of H-pyrrole nitrogens is 1. The number of ether oxygens (including phenoxy) is 1. The summed E-state index contributed by atoms with van der Waals surface area (Å²) in [5, 5.41) is 25.1. The van der Waals surface area contributed by atoms with E-state index in [1.165, 1.54) is 0 Å². The highest BCUT2D eigenvalue weighted by Gasteiger charge is 2.47. The van der Waals surface area contributed by atoms with Gasteiger partial charge in [-0.3, -0.25) is 9.78 Å². The molecule has 4 aromatic heterocycles. The second-order valence-electron chi connectivity index (χ2n) is 7.54. The van der Waals surface area contributed by atoms with Gasteiger partial charge in [0.25, 0.3) is 0 Å². The van der Waals surface area contributed by atoms with E-state index in [2.05, 4.69) is 26.5 Å². The number of rotatable bonds is 5. The van der Waals surface area contributed by atoms with E-state index in [-0.39, 0.29) is 6.10 Å². The quantitative estimate of drug-likeness (QED) is 0.451. The highest BCUT2D eigenvalue weighted by atomic mass is 16.5. The second-order valence-corrected chi connectivity index (χ2v) is 7.54. The summed E-state index contributed by atoms with van der Waals surface area (Å²) < 4.78 is 8.94. The Balaban J connectivity index is 1.63. The van der Waals surface area contributed by atoms with E-state index in [9.17, 15) is 5.26 Å². The van der Waals surface area contributed by atoms with Crippen molar-refractivity contribution in [2.45, 2.75) is 30.9 Å². The zero-order chi connectivity index (χ0) is 20.9. The second kappa shape index (κ2) is 6.57. The molecule has 5 rings (SSSR count). The standard InChI is InChI=1S/C19H20N10O/c1-30-11-7-19(8-11,3-4-20)29-9-12(18(22)27-29)17-15-2-5-23-28(15)10-14(24-17)13-6-16(21)26-25-13/h2,5-6,9-11H,3,7-8H2,1H3,(H2,22,27)(H3,21,25,26). The van der Waals surface area contributed by atoms with Crippen molar-refractivity contribution >= 4 is 17.2 Å². The molecule has 30 heavy (non-hydrogen) atoms. The molecular weight excluding hydrogens is 384 g/mol. The van der Waals surface area contributed by atoms with Crippen molar-refractivity contribution in [1.82, 2.24) is 34.6 Å². The fourth-order valence-electron chi connectivity index (χ4n) is 4.05. The molecule has 152 valence electrons. The molecule has 11 nitrogen and oxygen atoms in total. The average Bonchev–Trinajstić information content (AvgIpc) is 3.43. The summed E-state index contributed by atoms with van der Waals surface area (Å²) in [5.41, 5.74) is 15.0. The highest BCUT2D eigenvalue weighted by Crippen LogP contribution is 2.44. The van der Waals surface area contributed by atoms with Crippen molar-refractivity contribution in [3.05, 3.63) is 30.7 Å². The SMILES string of the molecule is COC1CC(CC#N)(n2cc(-c3nc(-c4cc(N)n[nH]4)cn4nccc34)c(N)n2)C1. The third kappa shape index (κ3) is 2.69. The monoisotopic (exact) mass is 404 g/mol. The minimum absolute atomic E-state index is 0.112. The number of nitrogens with zero attached hydrogens (tertiary/aromatic N) is 7. The summed E-state index contributed by atoms with van der Waals surface area (Å²) >= 11 is 0. The number of nitrogens with two attached hydrogens (primary N) is 2. The Morgan fingerprint density at radius 2 is 2.20 bits per heavy atom. The Hall–Kier alpha value is -3.91. The van der Waals surface area contributed by atoms with Gasteiger partial charge in [-0.25, -0.2) is 9.50 Å². The van der Waals surface area contributed by atoms with Crippen LogP contribution in [0.2, 0.25) is 0 Å². The molecule has 11 heteroatoms. The normalized spacial score (nSPS) is 20.9. The first kappa shape index (κ1) is 18.1. The number of aromatic amines is 1. The van der Waals surface area contributed by atoms with Crippen LogP contribution >= 0.6 is 0 Å². The number of nitrogen functional groups attached to an aromatic ring is 2. The van der Waals surface area contributed by atoms with Crippen LogP contribution in [0.4, 0.5) is 11.6 Å². The van der Waals surface area contributed by atoms with Crippen molar-refractivity contribution in [3.63, 3.8) is 0 Å². The predicted octanol–water partition coefficient (Wildman–Crippen LogP) is 1.57. The topological polar surface area (TPSA) is 162 Å². The number of nitrogens with one attached hydrogen (secondary N) is 1. The van der Waals surface area contributed by atoms with Crippen LogP contribution in [0.15, 0.2) is 30.7 Å². The van der Waals surface area contributed by atoms with Gasteiger partial charge in [-0.2, -0.15) is 20.6 Å². The summed E-state index contributed by atoms with van der Waals surface area (Å²) in [7, 11) is 1.68. The number of hydrogen-bond donors (Lipinski definition) is 3. The minimum Gasteiger partial charge on any atom is -0.382 e. The molecule has 1 saturated carbocycles. The van der Waals surface area contributed by atoms with Gasteiger partial charge < -0.3 is 16.2 Å². The number of anilines is 2. The Morgan fingerprint density at radius 1 is 1.37 bits per heavy atom. The van der Waals surface area contributed by atoms with E-state index in [1.807, 2.05) is 12.3 Å². The summed E-state index contributed by atoms with van der Waals surface area (Å²) in [5.74, 6) is 0.711. The zero-order valence-electron chi connectivity index (χ0n) is 16.3. The molecule has 0 spiro atoms. The van der Waals surface area contributed by atoms with Gasteiger partial charge in [0.05, 0.1) is 53.3 Å². The van der Waals surface area contributed by atoms with Gasteiger partial charge >= 0.3 is 0 Å². The molecule has 0 amide bonds. The lowest BCUT2D eigenvalue weighted by atomic mass is 9.72. The molecule has 0 aromatic carbocycles. The minimum atomic E-state index is -0.423. The van der Waals surface area contributed by atoms with Crippen LogP contribution in [0.25, 0.3) is 28.2 Å². The molecule has 1 aliphatic rings. The maximum atomic E-state index is 9.35. The smallest absolute Gasteiger partial charge is 0.155 e. The number of hydrogen-bond acceptors (Lipinski definition) is 8. The number of aromatic nitrogens is 7. The number of fused-ring (bicyclic) bond motifs is 1.